The SMILES string of the molecule is C[C@@H]1CCc2c(sc3ncn4nc(-c5ccc(Cn6cc(Cl)cn6)o5)nc4c23)C1. The minimum absolute atomic E-state index is 0.502. The second kappa shape index (κ2) is 6.40. The van der Waals surface area contributed by atoms with Crippen molar-refractivity contribution in [3.8, 4) is 11.6 Å². The van der Waals surface area contributed by atoms with Crippen LogP contribution in [0.2, 0.25) is 5.02 Å². The molecule has 0 radical (unpaired) electrons. The van der Waals surface area contributed by atoms with E-state index in [1.807, 2.05) is 12.1 Å². The van der Waals surface area contributed by atoms with Gasteiger partial charge in [0, 0.05) is 11.1 Å². The third kappa shape index (κ3) is 2.86. The van der Waals surface area contributed by atoms with Gasteiger partial charge in [0.2, 0.25) is 5.82 Å². The Hall–Kier alpha value is -2.71. The first-order chi connectivity index (χ1) is 14.1. The van der Waals surface area contributed by atoms with E-state index < -0.39 is 0 Å². The Morgan fingerprint density at radius 2 is 2.28 bits per heavy atom. The largest absolute Gasteiger partial charge is 0.456 e. The van der Waals surface area contributed by atoms with Crippen molar-refractivity contribution in [1.82, 2.24) is 29.4 Å². The molecule has 5 heterocycles. The molecule has 1 aliphatic carbocycles. The molecule has 0 saturated carbocycles. The fourth-order valence-electron chi connectivity index (χ4n) is 4.01. The Morgan fingerprint density at radius 3 is 3.14 bits per heavy atom. The lowest BCUT2D eigenvalue weighted by atomic mass is 9.89. The number of thiophene rings is 1. The van der Waals surface area contributed by atoms with Crippen LogP contribution in [-0.4, -0.2) is 29.4 Å². The first-order valence-corrected chi connectivity index (χ1v) is 10.8. The van der Waals surface area contributed by atoms with Crippen molar-refractivity contribution in [3.05, 3.63) is 52.1 Å². The van der Waals surface area contributed by atoms with E-state index in [9.17, 15) is 0 Å². The number of aryl methyl sites for hydroxylation is 1. The summed E-state index contributed by atoms with van der Waals surface area (Å²) in [6.45, 7) is 2.82. The standard InChI is InChI=1S/C20H17ClN6OS/c1-11-2-4-14-16(6-11)29-20-17(14)19-24-18(25-27(19)10-22-20)15-5-3-13(28-15)9-26-8-12(21)7-23-26/h3,5,7-8,10-11H,2,4,6,9H2,1H3/t11-/m1/s1. The molecule has 0 unspecified atom stereocenters. The van der Waals surface area contributed by atoms with Gasteiger partial charge in [0.15, 0.2) is 11.4 Å². The maximum Gasteiger partial charge on any atom is 0.217 e. The van der Waals surface area contributed by atoms with E-state index in [-0.39, 0.29) is 0 Å². The Morgan fingerprint density at radius 1 is 1.34 bits per heavy atom. The lowest BCUT2D eigenvalue weighted by Gasteiger charge is -2.17. The van der Waals surface area contributed by atoms with Gasteiger partial charge in [-0.25, -0.2) is 14.5 Å². The molecule has 1 atom stereocenters. The molecule has 5 aromatic rings. The van der Waals surface area contributed by atoms with Crippen molar-refractivity contribution in [2.75, 3.05) is 0 Å². The van der Waals surface area contributed by atoms with Gasteiger partial charge in [-0.3, -0.25) is 4.68 Å². The summed E-state index contributed by atoms with van der Waals surface area (Å²) >= 11 is 7.72. The van der Waals surface area contributed by atoms with Crippen LogP contribution < -0.4 is 0 Å². The van der Waals surface area contributed by atoms with Gasteiger partial charge in [-0.15, -0.1) is 16.4 Å². The number of halogens is 1. The molecule has 0 bridgehead atoms. The van der Waals surface area contributed by atoms with Gasteiger partial charge >= 0.3 is 0 Å². The minimum atomic E-state index is 0.502. The highest BCUT2D eigenvalue weighted by Crippen LogP contribution is 2.38. The number of hydrogen-bond acceptors (Lipinski definition) is 6. The number of rotatable bonds is 3. The fourth-order valence-corrected chi connectivity index (χ4v) is 5.51. The Bertz CT molecular complexity index is 1360. The Kier molecular flexibility index (Phi) is 3.79. The van der Waals surface area contributed by atoms with Gasteiger partial charge in [0.1, 0.15) is 16.9 Å². The van der Waals surface area contributed by atoms with E-state index >= 15 is 0 Å². The molecule has 0 saturated heterocycles. The highest BCUT2D eigenvalue weighted by Gasteiger charge is 2.24. The molecule has 5 aromatic heterocycles. The molecule has 0 N–H and O–H groups in total. The second-order valence-electron chi connectivity index (χ2n) is 7.60. The quantitative estimate of drug-likeness (QED) is 0.422. The zero-order valence-electron chi connectivity index (χ0n) is 15.7. The minimum Gasteiger partial charge on any atom is -0.456 e. The van der Waals surface area contributed by atoms with E-state index in [0.29, 0.717) is 23.2 Å². The van der Waals surface area contributed by atoms with Gasteiger partial charge in [-0.2, -0.15) is 5.10 Å². The number of fused-ring (bicyclic) bond motifs is 5. The van der Waals surface area contributed by atoms with Crippen LogP contribution in [0.3, 0.4) is 0 Å². The van der Waals surface area contributed by atoms with Crippen LogP contribution in [-0.2, 0) is 19.4 Å². The molecule has 0 aromatic carbocycles. The monoisotopic (exact) mass is 424 g/mol. The van der Waals surface area contributed by atoms with E-state index in [0.717, 1.165) is 40.4 Å². The van der Waals surface area contributed by atoms with Crippen LogP contribution in [0.15, 0.2) is 35.3 Å². The number of furan rings is 1. The van der Waals surface area contributed by atoms with Crippen LogP contribution in [0.4, 0.5) is 0 Å². The average Bonchev–Trinajstić information content (AvgIpc) is 3.45. The number of nitrogens with zero attached hydrogens (tertiary/aromatic N) is 6. The maximum atomic E-state index is 5.97. The van der Waals surface area contributed by atoms with Crippen molar-refractivity contribution in [1.29, 1.82) is 0 Å². The van der Waals surface area contributed by atoms with E-state index in [1.54, 1.807) is 39.3 Å². The molecule has 146 valence electrons. The van der Waals surface area contributed by atoms with E-state index in [4.69, 9.17) is 21.0 Å². The summed E-state index contributed by atoms with van der Waals surface area (Å²) in [5, 5.41) is 10.5. The topological polar surface area (TPSA) is 74.0 Å². The zero-order chi connectivity index (χ0) is 19.5. The molecule has 6 rings (SSSR count). The summed E-state index contributed by atoms with van der Waals surface area (Å²) in [4.78, 5) is 11.9. The fraction of sp³-hybridized carbons (Fsp3) is 0.300. The van der Waals surface area contributed by atoms with Gasteiger partial charge in [-0.1, -0.05) is 18.5 Å². The van der Waals surface area contributed by atoms with Crippen molar-refractivity contribution in [2.24, 2.45) is 5.92 Å². The predicted octanol–water partition coefficient (Wildman–Crippen LogP) is 4.62. The summed E-state index contributed by atoms with van der Waals surface area (Å²) in [5.74, 6) is 2.69. The van der Waals surface area contributed by atoms with E-state index in [2.05, 4.69) is 22.1 Å². The molecule has 1 aliphatic rings. The summed E-state index contributed by atoms with van der Waals surface area (Å²) in [6.07, 6.45) is 8.53. The Labute approximate surface area is 175 Å². The molecule has 7 nitrogen and oxygen atoms in total. The average molecular weight is 425 g/mol. The summed E-state index contributed by atoms with van der Waals surface area (Å²) in [7, 11) is 0. The predicted molar refractivity (Wildman–Crippen MR) is 111 cm³/mol. The molecule has 29 heavy (non-hydrogen) atoms. The third-order valence-corrected chi connectivity index (χ3v) is 6.79. The van der Waals surface area contributed by atoms with E-state index in [1.165, 1.54) is 16.9 Å². The van der Waals surface area contributed by atoms with Crippen LogP contribution >= 0.6 is 22.9 Å². The van der Waals surface area contributed by atoms with Crippen LogP contribution in [0.25, 0.3) is 27.4 Å². The molecule has 0 aliphatic heterocycles. The summed E-state index contributed by atoms with van der Waals surface area (Å²) in [6, 6.07) is 3.81. The van der Waals surface area contributed by atoms with Crippen molar-refractivity contribution in [2.45, 2.75) is 32.7 Å². The third-order valence-electron chi connectivity index (χ3n) is 5.43. The molecular formula is C20H17ClN6OS. The van der Waals surface area contributed by atoms with Gasteiger partial charge in [0.25, 0.3) is 0 Å². The Balaban J connectivity index is 1.41. The van der Waals surface area contributed by atoms with Crippen LogP contribution in [0.1, 0.15) is 29.5 Å². The highest BCUT2D eigenvalue weighted by molar-refractivity contribution is 7.19. The number of aromatic nitrogens is 6. The van der Waals surface area contributed by atoms with Crippen molar-refractivity contribution < 1.29 is 4.42 Å². The molecular weight excluding hydrogens is 408 g/mol. The molecule has 9 heteroatoms. The van der Waals surface area contributed by atoms with Crippen LogP contribution in [0.5, 0.6) is 0 Å². The molecule has 0 spiro atoms. The van der Waals surface area contributed by atoms with Crippen LogP contribution in [0, 0.1) is 5.92 Å². The first-order valence-electron chi connectivity index (χ1n) is 9.57. The second-order valence-corrected chi connectivity index (χ2v) is 9.12. The first kappa shape index (κ1) is 17.2. The van der Waals surface area contributed by atoms with Gasteiger partial charge < -0.3 is 4.42 Å². The van der Waals surface area contributed by atoms with Crippen molar-refractivity contribution >= 4 is 38.8 Å². The molecule has 0 fully saturated rings. The van der Waals surface area contributed by atoms with Gasteiger partial charge in [0.05, 0.1) is 23.2 Å². The number of hydrogen-bond donors (Lipinski definition) is 0. The lowest BCUT2D eigenvalue weighted by Crippen LogP contribution is -2.08. The van der Waals surface area contributed by atoms with Crippen molar-refractivity contribution in [3.63, 3.8) is 0 Å². The maximum absolute atomic E-state index is 5.97. The molecule has 0 amide bonds. The zero-order valence-corrected chi connectivity index (χ0v) is 17.2. The normalized spacial score (nSPS) is 16.7. The smallest absolute Gasteiger partial charge is 0.217 e. The lowest BCUT2D eigenvalue weighted by molar-refractivity contribution is 0.487. The summed E-state index contributed by atoms with van der Waals surface area (Å²) in [5.41, 5.74) is 2.25. The summed E-state index contributed by atoms with van der Waals surface area (Å²) < 4.78 is 9.47. The highest BCUT2D eigenvalue weighted by atomic mass is 35.5. The van der Waals surface area contributed by atoms with Gasteiger partial charge in [-0.05, 0) is 42.9 Å².